The largest absolute Gasteiger partial charge is 0.416 e. The molecule has 0 radical (unpaired) electrons. The highest BCUT2D eigenvalue weighted by Crippen LogP contribution is 2.34. The molecule has 0 spiro atoms. The zero-order valence-corrected chi connectivity index (χ0v) is 21.3. The molecule has 9 nitrogen and oxygen atoms in total. The van der Waals surface area contributed by atoms with E-state index >= 15 is 0 Å². The molecule has 3 heterocycles. The summed E-state index contributed by atoms with van der Waals surface area (Å²) in [7, 11) is -1.10. The number of halogens is 3. The predicted octanol–water partition coefficient (Wildman–Crippen LogP) is 3.60. The van der Waals surface area contributed by atoms with E-state index in [1.54, 1.807) is 23.3 Å². The molecule has 38 heavy (non-hydrogen) atoms. The van der Waals surface area contributed by atoms with Crippen molar-refractivity contribution in [2.45, 2.75) is 25.1 Å². The van der Waals surface area contributed by atoms with Gasteiger partial charge in [-0.1, -0.05) is 6.07 Å². The van der Waals surface area contributed by atoms with E-state index in [1.807, 2.05) is 14.9 Å². The number of ether oxygens (including phenoxy) is 1. The van der Waals surface area contributed by atoms with Crippen LogP contribution < -0.4 is 10.2 Å². The van der Waals surface area contributed by atoms with Crippen molar-refractivity contribution in [1.29, 1.82) is 0 Å². The molecule has 1 atom stereocenters. The van der Waals surface area contributed by atoms with Gasteiger partial charge in [-0.25, -0.2) is 13.5 Å². The molecule has 2 aliphatic rings. The van der Waals surface area contributed by atoms with Gasteiger partial charge < -0.3 is 14.2 Å². The van der Waals surface area contributed by atoms with E-state index in [4.69, 9.17) is 4.74 Å². The van der Waals surface area contributed by atoms with Crippen LogP contribution in [0.1, 0.15) is 34.8 Å². The van der Waals surface area contributed by atoms with E-state index in [-0.39, 0.29) is 30.1 Å². The molecular formula is C25H26F3N5O4S. The second-order valence-electron chi connectivity index (χ2n) is 9.19. The molecule has 0 bridgehead atoms. The number of aromatic nitrogens is 2. The van der Waals surface area contributed by atoms with Crippen LogP contribution in [0.3, 0.4) is 0 Å². The molecule has 0 saturated carbocycles. The Labute approximate surface area is 219 Å². The van der Waals surface area contributed by atoms with Crippen molar-refractivity contribution in [2.75, 3.05) is 49.3 Å². The highest BCUT2D eigenvalue weighted by molar-refractivity contribution is 7.81. The smallest absolute Gasteiger partial charge is 0.370 e. The Morgan fingerprint density at radius 2 is 1.89 bits per heavy atom. The van der Waals surface area contributed by atoms with E-state index in [0.29, 0.717) is 55.8 Å². The van der Waals surface area contributed by atoms with Gasteiger partial charge in [0, 0.05) is 43.2 Å². The fourth-order valence-corrected chi connectivity index (χ4v) is 5.60. The minimum atomic E-state index is -4.58. The minimum Gasteiger partial charge on any atom is -0.370 e. The average molecular weight is 550 g/mol. The lowest BCUT2D eigenvalue weighted by Crippen LogP contribution is -2.41. The Morgan fingerprint density at radius 1 is 1.13 bits per heavy atom. The number of fused-ring (bicyclic) bond motifs is 1. The highest BCUT2D eigenvalue weighted by atomic mass is 32.2. The summed E-state index contributed by atoms with van der Waals surface area (Å²) in [6.45, 7) is 1.95. The van der Waals surface area contributed by atoms with Gasteiger partial charge in [-0.3, -0.25) is 14.9 Å². The van der Waals surface area contributed by atoms with Crippen LogP contribution in [-0.4, -0.2) is 69.0 Å². The molecule has 2 aromatic carbocycles. The van der Waals surface area contributed by atoms with Crippen molar-refractivity contribution >= 4 is 45.5 Å². The van der Waals surface area contributed by atoms with E-state index in [0.717, 1.165) is 12.1 Å². The number of carbonyl (C=O) groups excluding carboxylic acids is 2. The first-order chi connectivity index (χ1) is 18.1. The average Bonchev–Trinajstić information content (AvgIpc) is 3.25. The first kappa shape index (κ1) is 26.3. The summed E-state index contributed by atoms with van der Waals surface area (Å²) in [6, 6.07) is 9.51. The topological polar surface area (TPSA) is 96.8 Å². The Kier molecular flexibility index (Phi) is 7.25. The molecule has 13 heteroatoms. The lowest BCUT2D eigenvalue weighted by atomic mass is 10.1. The van der Waals surface area contributed by atoms with E-state index in [2.05, 4.69) is 10.3 Å². The van der Waals surface area contributed by atoms with E-state index in [9.17, 15) is 27.0 Å². The molecule has 3 aromatic rings. The van der Waals surface area contributed by atoms with Crippen LogP contribution in [0.4, 0.5) is 24.8 Å². The third-order valence-electron chi connectivity index (χ3n) is 6.80. The van der Waals surface area contributed by atoms with E-state index < -0.39 is 28.6 Å². The fraction of sp³-hybridized carbons (Fsp3) is 0.400. The Balaban J connectivity index is 1.51. The number of hydrogen-bond donors (Lipinski definition) is 1. The first-order valence-corrected chi connectivity index (χ1v) is 13.6. The molecule has 0 aliphatic carbocycles. The van der Waals surface area contributed by atoms with Gasteiger partial charge in [0.05, 0.1) is 34.2 Å². The van der Waals surface area contributed by atoms with Gasteiger partial charge in [0.1, 0.15) is 6.61 Å². The van der Waals surface area contributed by atoms with Crippen LogP contribution in [0.25, 0.3) is 11.0 Å². The van der Waals surface area contributed by atoms with Gasteiger partial charge in [0.15, 0.2) is 0 Å². The third kappa shape index (κ3) is 5.31. The Bertz CT molecular complexity index is 1400. The molecule has 202 valence electrons. The van der Waals surface area contributed by atoms with Gasteiger partial charge in [0.25, 0.3) is 11.8 Å². The third-order valence-corrected chi connectivity index (χ3v) is 7.89. The zero-order valence-electron chi connectivity index (χ0n) is 20.5. The SMILES string of the molecule is CS(=O)N1CCC(n2c(NC(=O)c3cccc(C(F)(F)F)c3)nc3cc(N4CCOCC4=O)ccc32)CC1. The minimum absolute atomic E-state index is 0.0118. The number of carbonyl (C=O) groups is 2. The van der Waals surface area contributed by atoms with Gasteiger partial charge in [-0.2, -0.15) is 13.2 Å². The fourth-order valence-electron chi connectivity index (χ4n) is 4.87. The number of morpholine rings is 1. The van der Waals surface area contributed by atoms with Crippen molar-refractivity contribution in [2.24, 2.45) is 0 Å². The normalized spacial score (nSPS) is 18.6. The van der Waals surface area contributed by atoms with Gasteiger partial charge in [0.2, 0.25) is 5.95 Å². The standard InChI is InChI=1S/C25H26F3N5O4S/c1-38(36)31-9-7-18(8-10-31)33-21-6-5-19(32-11-12-37-15-22(32)34)14-20(21)29-24(33)30-23(35)16-3-2-4-17(13-16)25(26,27)28/h2-6,13-14,18H,7-12,15H2,1H3,(H,29,30,35). The lowest BCUT2D eigenvalue weighted by Gasteiger charge is -2.31. The van der Waals surface area contributed by atoms with Crippen LogP contribution in [0.15, 0.2) is 42.5 Å². The molecule has 2 saturated heterocycles. The number of nitrogens with zero attached hydrogens (tertiary/aromatic N) is 4. The summed E-state index contributed by atoms with van der Waals surface area (Å²) < 4.78 is 60.5. The number of hydrogen-bond acceptors (Lipinski definition) is 5. The van der Waals surface area contributed by atoms with Crippen LogP contribution >= 0.6 is 0 Å². The number of nitrogens with one attached hydrogen (secondary N) is 1. The quantitative estimate of drug-likeness (QED) is 0.525. The predicted molar refractivity (Wildman–Crippen MR) is 136 cm³/mol. The van der Waals surface area contributed by atoms with Crippen LogP contribution in [-0.2, 0) is 26.7 Å². The molecule has 1 aromatic heterocycles. The molecular weight excluding hydrogens is 523 g/mol. The van der Waals surface area contributed by atoms with Gasteiger partial charge in [-0.15, -0.1) is 0 Å². The zero-order chi connectivity index (χ0) is 27.0. The number of benzene rings is 2. The van der Waals surface area contributed by atoms with Crippen molar-refractivity contribution in [1.82, 2.24) is 13.9 Å². The maximum atomic E-state index is 13.2. The summed E-state index contributed by atoms with van der Waals surface area (Å²) >= 11 is 0. The Morgan fingerprint density at radius 3 is 2.58 bits per heavy atom. The molecule has 1 N–H and O–H groups in total. The maximum absolute atomic E-state index is 13.2. The molecule has 5 rings (SSSR count). The maximum Gasteiger partial charge on any atom is 0.416 e. The summed E-state index contributed by atoms with van der Waals surface area (Å²) in [6.07, 6.45) is -1.67. The summed E-state index contributed by atoms with van der Waals surface area (Å²) in [5.74, 6) is -0.694. The lowest BCUT2D eigenvalue weighted by molar-refractivity contribution is -0.137. The Hall–Kier alpha value is -3.29. The second-order valence-corrected chi connectivity index (χ2v) is 10.6. The highest BCUT2D eigenvalue weighted by Gasteiger charge is 2.32. The first-order valence-electron chi connectivity index (χ1n) is 12.1. The van der Waals surface area contributed by atoms with Crippen molar-refractivity contribution in [3.05, 3.63) is 53.6 Å². The second kappa shape index (κ2) is 10.5. The molecule has 2 fully saturated rings. The number of anilines is 2. The number of amides is 2. The van der Waals surface area contributed by atoms with E-state index in [1.165, 1.54) is 12.1 Å². The number of imidazole rings is 1. The molecule has 2 aliphatic heterocycles. The molecule has 1 unspecified atom stereocenters. The summed E-state index contributed by atoms with van der Waals surface area (Å²) in [4.78, 5) is 31.6. The van der Waals surface area contributed by atoms with Gasteiger partial charge in [-0.05, 0) is 49.2 Å². The summed E-state index contributed by atoms with van der Waals surface area (Å²) in [5.41, 5.74) is 0.822. The molecule has 2 amide bonds. The number of piperidine rings is 1. The van der Waals surface area contributed by atoms with Crippen LogP contribution in [0.5, 0.6) is 0 Å². The van der Waals surface area contributed by atoms with Gasteiger partial charge >= 0.3 is 6.18 Å². The van der Waals surface area contributed by atoms with Crippen LogP contribution in [0, 0.1) is 0 Å². The number of rotatable bonds is 5. The monoisotopic (exact) mass is 549 g/mol. The van der Waals surface area contributed by atoms with Crippen molar-refractivity contribution in [3.8, 4) is 0 Å². The number of alkyl halides is 3. The van der Waals surface area contributed by atoms with Crippen LogP contribution in [0.2, 0.25) is 0 Å². The van der Waals surface area contributed by atoms with Crippen molar-refractivity contribution in [3.63, 3.8) is 0 Å². The summed E-state index contributed by atoms with van der Waals surface area (Å²) in [5, 5.41) is 2.71. The van der Waals surface area contributed by atoms with Crippen molar-refractivity contribution < 1.29 is 31.7 Å².